The van der Waals surface area contributed by atoms with Crippen LogP contribution < -0.4 is 5.32 Å². The van der Waals surface area contributed by atoms with Gasteiger partial charge in [-0.1, -0.05) is 12.8 Å². The molecule has 0 aromatic rings. The Bertz CT molecular complexity index is 455. The lowest BCUT2D eigenvalue weighted by atomic mass is 10.0. The van der Waals surface area contributed by atoms with Gasteiger partial charge in [0.1, 0.15) is 6.04 Å². The van der Waals surface area contributed by atoms with Crippen molar-refractivity contribution in [2.75, 3.05) is 32.7 Å². The highest BCUT2D eigenvalue weighted by atomic mass is 16.4. The van der Waals surface area contributed by atoms with Crippen LogP contribution in [0.15, 0.2) is 0 Å². The van der Waals surface area contributed by atoms with Crippen molar-refractivity contribution in [3.8, 4) is 0 Å². The van der Waals surface area contributed by atoms with Crippen molar-refractivity contribution in [3.05, 3.63) is 0 Å². The molecule has 1 atom stereocenters. The topological polar surface area (TPSA) is 89.9 Å². The molecule has 2 saturated heterocycles. The number of carbonyl (C=O) groups excluding carboxylic acids is 2. The second-order valence-electron chi connectivity index (χ2n) is 6.72. The van der Waals surface area contributed by atoms with Gasteiger partial charge in [-0.2, -0.15) is 0 Å². The van der Waals surface area contributed by atoms with Gasteiger partial charge in [0.05, 0.1) is 6.54 Å². The lowest BCUT2D eigenvalue weighted by Gasteiger charge is -2.32. The summed E-state index contributed by atoms with van der Waals surface area (Å²) in [5.41, 5.74) is 0. The molecule has 2 N–H and O–H groups in total. The third-order valence-electron chi connectivity index (χ3n) is 4.84. The smallest absolute Gasteiger partial charge is 0.320 e. The molecule has 0 spiro atoms. The maximum absolute atomic E-state index is 12.0. The van der Waals surface area contributed by atoms with Gasteiger partial charge in [0.2, 0.25) is 11.8 Å². The van der Waals surface area contributed by atoms with Crippen LogP contribution in [0.25, 0.3) is 0 Å². The summed E-state index contributed by atoms with van der Waals surface area (Å²) in [7, 11) is 0. The third kappa shape index (κ3) is 5.78. The standard InChI is InChI=1S/C17H29N3O4/c21-15(13-20-11-5-3-7-14(20)17(23)24)18-9-6-12-19-10-4-1-2-8-16(19)22/h14H,1-13H2,(H,18,21)(H,23,24). The van der Waals surface area contributed by atoms with Gasteiger partial charge in [-0.25, -0.2) is 0 Å². The molecule has 136 valence electrons. The number of carboxylic acid groups (broad SMARTS) is 1. The quantitative estimate of drug-likeness (QED) is 0.671. The van der Waals surface area contributed by atoms with Gasteiger partial charge in [-0.3, -0.25) is 19.3 Å². The van der Waals surface area contributed by atoms with Crippen LogP contribution in [0, 0.1) is 0 Å². The summed E-state index contributed by atoms with van der Waals surface area (Å²) in [5.74, 6) is -0.760. The maximum Gasteiger partial charge on any atom is 0.320 e. The molecule has 0 saturated carbocycles. The van der Waals surface area contributed by atoms with Gasteiger partial charge in [0.25, 0.3) is 0 Å². The van der Waals surface area contributed by atoms with Crippen LogP contribution in [0.5, 0.6) is 0 Å². The molecule has 7 nitrogen and oxygen atoms in total. The van der Waals surface area contributed by atoms with Gasteiger partial charge in [0, 0.05) is 26.1 Å². The summed E-state index contributed by atoms with van der Waals surface area (Å²) in [6.07, 6.45) is 6.97. The Kier molecular flexibility index (Phi) is 7.49. The van der Waals surface area contributed by atoms with Crippen LogP contribution in [0.3, 0.4) is 0 Å². The minimum absolute atomic E-state index is 0.134. The number of likely N-dealkylation sites (tertiary alicyclic amines) is 2. The molecule has 2 rings (SSSR count). The Balaban J connectivity index is 1.65. The van der Waals surface area contributed by atoms with Crippen LogP contribution >= 0.6 is 0 Å². The predicted octanol–water partition coefficient (Wildman–Crippen LogP) is 0.834. The van der Waals surface area contributed by atoms with E-state index in [1.165, 1.54) is 0 Å². The Morgan fingerprint density at radius 1 is 1.12 bits per heavy atom. The predicted molar refractivity (Wildman–Crippen MR) is 89.5 cm³/mol. The number of amides is 2. The Hall–Kier alpha value is -1.63. The van der Waals surface area contributed by atoms with E-state index in [0.29, 0.717) is 32.5 Å². The van der Waals surface area contributed by atoms with Crippen LogP contribution in [0.4, 0.5) is 0 Å². The largest absolute Gasteiger partial charge is 0.480 e. The number of carbonyl (C=O) groups is 3. The van der Waals surface area contributed by atoms with E-state index in [2.05, 4.69) is 5.32 Å². The first-order valence-corrected chi connectivity index (χ1v) is 9.09. The molecule has 7 heteroatoms. The zero-order valence-electron chi connectivity index (χ0n) is 14.3. The fraction of sp³-hybridized carbons (Fsp3) is 0.824. The van der Waals surface area contributed by atoms with Crippen LogP contribution in [-0.2, 0) is 14.4 Å². The molecule has 0 aromatic heterocycles. The number of hydrogen-bond acceptors (Lipinski definition) is 4. The molecule has 2 fully saturated rings. The molecule has 0 bridgehead atoms. The number of piperidine rings is 1. The summed E-state index contributed by atoms with van der Waals surface area (Å²) in [6.45, 7) is 2.82. The zero-order valence-corrected chi connectivity index (χ0v) is 14.3. The summed E-state index contributed by atoms with van der Waals surface area (Å²) < 4.78 is 0. The van der Waals surface area contributed by atoms with E-state index >= 15 is 0 Å². The first-order chi connectivity index (χ1) is 11.6. The third-order valence-corrected chi connectivity index (χ3v) is 4.84. The number of nitrogens with zero attached hydrogens (tertiary/aromatic N) is 2. The van der Waals surface area contributed by atoms with Crippen molar-refractivity contribution in [2.24, 2.45) is 0 Å². The van der Waals surface area contributed by atoms with Crippen LogP contribution in [-0.4, -0.2) is 71.5 Å². The van der Waals surface area contributed by atoms with E-state index in [0.717, 1.165) is 45.1 Å². The molecular weight excluding hydrogens is 310 g/mol. The summed E-state index contributed by atoms with van der Waals surface area (Å²) >= 11 is 0. The Morgan fingerprint density at radius 3 is 2.71 bits per heavy atom. The molecule has 2 amide bonds. The van der Waals surface area contributed by atoms with Crippen molar-refractivity contribution in [1.29, 1.82) is 0 Å². The van der Waals surface area contributed by atoms with Gasteiger partial charge < -0.3 is 15.3 Å². The molecule has 2 aliphatic rings. The minimum Gasteiger partial charge on any atom is -0.480 e. The number of nitrogens with one attached hydrogen (secondary N) is 1. The van der Waals surface area contributed by atoms with Crippen molar-refractivity contribution < 1.29 is 19.5 Å². The Labute approximate surface area is 143 Å². The second-order valence-corrected chi connectivity index (χ2v) is 6.72. The van der Waals surface area contributed by atoms with E-state index in [4.69, 9.17) is 0 Å². The van der Waals surface area contributed by atoms with Gasteiger partial charge in [-0.15, -0.1) is 0 Å². The van der Waals surface area contributed by atoms with E-state index < -0.39 is 12.0 Å². The van der Waals surface area contributed by atoms with Gasteiger partial charge in [-0.05, 0) is 38.6 Å². The van der Waals surface area contributed by atoms with Gasteiger partial charge in [0.15, 0.2) is 0 Å². The molecule has 24 heavy (non-hydrogen) atoms. The molecule has 0 aromatic carbocycles. The van der Waals surface area contributed by atoms with E-state index in [9.17, 15) is 19.5 Å². The highest BCUT2D eigenvalue weighted by Gasteiger charge is 2.29. The fourth-order valence-electron chi connectivity index (χ4n) is 3.47. The van der Waals surface area contributed by atoms with Crippen molar-refractivity contribution in [2.45, 2.75) is 57.4 Å². The van der Waals surface area contributed by atoms with E-state index in [-0.39, 0.29) is 18.4 Å². The normalized spacial score (nSPS) is 22.9. The average molecular weight is 339 g/mol. The summed E-state index contributed by atoms with van der Waals surface area (Å²) in [6, 6.07) is -0.542. The summed E-state index contributed by atoms with van der Waals surface area (Å²) in [5, 5.41) is 12.1. The number of rotatable bonds is 7. The van der Waals surface area contributed by atoms with Gasteiger partial charge >= 0.3 is 5.97 Å². The van der Waals surface area contributed by atoms with Crippen molar-refractivity contribution in [1.82, 2.24) is 15.1 Å². The average Bonchev–Trinajstić information content (AvgIpc) is 2.76. The molecule has 2 heterocycles. The number of hydrogen-bond donors (Lipinski definition) is 2. The van der Waals surface area contributed by atoms with E-state index in [1.54, 1.807) is 4.90 Å². The fourth-order valence-corrected chi connectivity index (χ4v) is 3.47. The monoisotopic (exact) mass is 339 g/mol. The summed E-state index contributed by atoms with van der Waals surface area (Å²) in [4.78, 5) is 38.8. The molecule has 0 radical (unpaired) electrons. The molecule has 0 aliphatic carbocycles. The molecular formula is C17H29N3O4. The first-order valence-electron chi connectivity index (χ1n) is 9.09. The second kappa shape index (κ2) is 9.61. The highest BCUT2D eigenvalue weighted by Crippen LogP contribution is 2.16. The lowest BCUT2D eigenvalue weighted by Crippen LogP contribution is -2.49. The van der Waals surface area contributed by atoms with Crippen molar-refractivity contribution in [3.63, 3.8) is 0 Å². The van der Waals surface area contributed by atoms with Crippen molar-refractivity contribution >= 4 is 17.8 Å². The number of aliphatic carboxylic acids is 1. The van der Waals surface area contributed by atoms with E-state index in [1.807, 2.05) is 4.90 Å². The van der Waals surface area contributed by atoms with Crippen LogP contribution in [0.1, 0.15) is 51.4 Å². The minimum atomic E-state index is -0.845. The maximum atomic E-state index is 12.0. The molecule has 2 aliphatic heterocycles. The van der Waals surface area contributed by atoms with Crippen LogP contribution in [0.2, 0.25) is 0 Å². The molecule has 1 unspecified atom stereocenters. The first kappa shape index (κ1) is 18.7. The Morgan fingerprint density at radius 2 is 1.92 bits per heavy atom. The SMILES string of the molecule is O=C(CN1CCCCC1C(=O)O)NCCCN1CCCCCC1=O. The highest BCUT2D eigenvalue weighted by molar-refractivity contribution is 5.80. The zero-order chi connectivity index (χ0) is 17.4. The number of carboxylic acids is 1. The lowest BCUT2D eigenvalue weighted by molar-refractivity contribution is -0.145.